The van der Waals surface area contributed by atoms with Gasteiger partial charge < -0.3 is 15.4 Å². The molecule has 3 aromatic heterocycles. The molecule has 0 radical (unpaired) electrons. The molecular formula is C21H21N7O2S. The van der Waals surface area contributed by atoms with Crippen LogP contribution in [0.15, 0.2) is 42.7 Å². The Balaban J connectivity index is 1.33. The normalized spacial score (nSPS) is 15.8. The van der Waals surface area contributed by atoms with Gasteiger partial charge in [0.1, 0.15) is 16.9 Å². The zero-order chi connectivity index (χ0) is 21.2. The molecule has 158 valence electrons. The molecule has 0 aliphatic carbocycles. The summed E-state index contributed by atoms with van der Waals surface area (Å²) in [6.45, 7) is 3.83. The van der Waals surface area contributed by atoms with Crippen LogP contribution in [0.1, 0.15) is 21.7 Å². The monoisotopic (exact) mass is 435 g/mol. The molecule has 9 nitrogen and oxygen atoms in total. The van der Waals surface area contributed by atoms with E-state index in [1.165, 1.54) is 11.3 Å². The van der Waals surface area contributed by atoms with Crippen molar-refractivity contribution >= 4 is 39.2 Å². The number of fused-ring (bicyclic) bond motifs is 1. The minimum Gasteiger partial charge on any atom is -0.456 e. The number of nitrogens with zero attached hydrogens (tertiary/aromatic N) is 3. The second-order valence-corrected chi connectivity index (χ2v) is 8.53. The maximum absolute atomic E-state index is 12.4. The smallest absolute Gasteiger partial charge is 0.257 e. The van der Waals surface area contributed by atoms with Crippen LogP contribution in [0.4, 0.5) is 10.9 Å². The van der Waals surface area contributed by atoms with Crippen LogP contribution in [0.5, 0.6) is 11.5 Å². The molecule has 4 N–H and O–H groups in total. The molecule has 1 aliphatic heterocycles. The van der Waals surface area contributed by atoms with Gasteiger partial charge >= 0.3 is 0 Å². The standard InChI is InChI=1S/C21H21N7O2S/c1-12-10-24-21(31-12)26-20(29)13-2-4-15(5-3-13)30-16-7-9-23-18-17(16)19(28-27-18)25-14-6-8-22-11-14/h2-5,7,9-10,14,22H,6,8,11H2,1H3,(H,24,26,29)(H2,23,25,27,28). The number of H-pyrrole nitrogens is 1. The Morgan fingerprint density at radius 3 is 2.84 bits per heavy atom. The largest absolute Gasteiger partial charge is 0.456 e. The first-order valence-corrected chi connectivity index (χ1v) is 10.8. The van der Waals surface area contributed by atoms with Crippen molar-refractivity contribution in [2.45, 2.75) is 19.4 Å². The van der Waals surface area contributed by atoms with Gasteiger partial charge in [-0.1, -0.05) is 0 Å². The number of pyridine rings is 1. The highest BCUT2D eigenvalue weighted by Gasteiger charge is 2.19. The maximum Gasteiger partial charge on any atom is 0.257 e. The number of carbonyl (C=O) groups excluding carboxylic acids is 1. The number of nitrogens with one attached hydrogen (secondary N) is 4. The van der Waals surface area contributed by atoms with E-state index in [2.05, 4.69) is 36.1 Å². The maximum atomic E-state index is 12.4. The zero-order valence-corrected chi connectivity index (χ0v) is 17.6. The summed E-state index contributed by atoms with van der Waals surface area (Å²) in [5.74, 6) is 1.77. The number of carbonyl (C=O) groups is 1. The van der Waals surface area contributed by atoms with Crippen LogP contribution in [0.25, 0.3) is 11.0 Å². The van der Waals surface area contributed by atoms with E-state index < -0.39 is 0 Å². The molecule has 5 rings (SSSR count). The van der Waals surface area contributed by atoms with Gasteiger partial charge in [0.15, 0.2) is 16.6 Å². The van der Waals surface area contributed by atoms with Crippen LogP contribution in [-0.4, -0.2) is 45.2 Å². The van der Waals surface area contributed by atoms with Gasteiger partial charge in [-0.2, -0.15) is 5.10 Å². The number of hydrogen-bond donors (Lipinski definition) is 4. The molecule has 1 aromatic carbocycles. The second kappa shape index (κ2) is 8.32. The second-order valence-electron chi connectivity index (χ2n) is 7.30. The first-order chi connectivity index (χ1) is 15.2. The first-order valence-electron chi connectivity index (χ1n) is 9.98. The van der Waals surface area contributed by atoms with Crippen molar-refractivity contribution in [1.29, 1.82) is 0 Å². The molecule has 1 atom stereocenters. The summed E-state index contributed by atoms with van der Waals surface area (Å²) in [6.07, 6.45) is 4.44. The zero-order valence-electron chi connectivity index (χ0n) is 16.8. The first kappa shape index (κ1) is 19.5. The van der Waals surface area contributed by atoms with Crippen LogP contribution in [0.2, 0.25) is 0 Å². The molecule has 0 bridgehead atoms. The van der Waals surface area contributed by atoms with Gasteiger partial charge in [0, 0.05) is 41.5 Å². The number of hydrogen-bond acceptors (Lipinski definition) is 8. The van der Waals surface area contributed by atoms with Gasteiger partial charge in [-0.3, -0.25) is 15.2 Å². The van der Waals surface area contributed by atoms with Crippen molar-refractivity contribution in [3.8, 4) is 11.5 Å². The van der Waals surface area contributed by atoms with E-state index in [1.54, 1.807) is 42.7 Å². The lowest BCUT2D eigenvalue weighted by atomic mass is 10.2. The van der Waals surface area contributed by atoms with E-state index in [0.717, 1.165) is 35.6 Å². The number of ether oxygens (including phenoxy) is 1. The quantitative estimate of drug-likeness (QED) is 0.366. The number of aryl methyl sites for hydroxylation is 1. The van der Waals surface area contributed by atoms with E-state index >= 15 is 0 Å². The Morgan fingerprint density at radius 2 is 2.10 bits per heavy atom. The molecule has 1 fully saturated rings. The van der Waals surface area contributed by atoms with E-state index in [0.29, 0.717) is 33.9 Å². The van der Waals surface area contributed by atoms with Gasteiger partial charge in [0.25, 0.3) is 5.91 Å². The Morgan fingerprint density at radius 1 is 1.23 bits per heavy atom. The average molecular weight is 436 g/mol. The molecule has 10 heteroatoms. The fraction of sp³-hybridized carbons (Fsp3) is 0.238. The summed E-state index contributed by atoms with van der Waals surface area (Å²) in [7, 11) is 0. The number of rotatable bonds is 6. The lowest BCUT2D eigenvalue weighted by Crippen LogP contribution is -2.22. The van der Waals surface area contributed by atoms with Crippen LogP contribution in [0.3, 0.4) is 0 Å². The highest BCUT2D eigenvalue weighted by molar-refractivity contribution is 7.15. The minimum absolute atomic E-state index is 0.210. The molecule has 31 heavy (non-hydrogen) atoms. The van der Waals surface area contributed by atoms with Crippen molar-refractivity contribution in [2.24, 2.45) is 0 Å². The summed E-state index contributed by atoms with van der Waals surface area (Å²) < 4.78 is 6.11. The Labute approximate surface area is 182 Å². The third-order valence-corrected chi connectivity index (χ3v) is 5.84. The van der Waals surface area contributed by atoms with Gasteiger partial charge in [0.2, 0.25) is 0 Å². The summed E-state index contributed by atoms with van der Waals surface area (Å²) in [4.78, 5) is 22.0. The summed E-state index contributed by atoms with van der Waals surface area (Å²) in [6, 6.07) is 9.11. The highest BCUT2D eigenvalue weighted by Crippen LogP contribution is 2.33. The number of anilines is 2. The molecule has 1 aliphatic rings. The van der Waals surface area contributed by atoms with Crippen LogP contribution in [-0.2, 0) is 0 Å². The van der Waals surface area contributed by atoms with E-state index in [1.807, 2.05) is 6.92 Å². The highest BCUT2D eigenvalue weighted by atomic mass is 32.1. The van der Waals surface area contributed by atoms with Gasteiger partial charge in [-0.15, -0.1) is 11.3 Å². The fourth-order valence-electron chi connectivity index (χ4n) is 3.47. The minimum atomic E-state index is -0.210. The molecule has 1 amide bonds. The number of aromatic amines is 1. The molecule has 4 heterocycles. The Hall–Kier alpha value is -3.50. The van der Waals surface area contributed by atoms with E-state index in [4.69, 9.17) is 4.74 Å². The number of benzene rings is 1. The van der Waals surface area contributed by atoms with E-state index in [-0.39, 0.29) is 5.91 Å². The lowest BCUT2D eigenvalue weighted by molar-refractivity contribution is 0.102. The fourth-order valence-corrected chi connectivity index (χ4v) is 4.13. The molecule has 1 unspecified atom stereocenters. The molecular weight excluding hydrogens is 414 g/mol. The van der Waals surface area contributed by atoms with Crippen LogP contribution in [0, 0.1) is 6.92 Å². The molecule has 1 saturated heterocycles. The third-order valence-electron chi connectivity index (χ3n) is 5.01. The topological polar surface area (TPSA) is 117 Å². The molecule has 4 aromatic rings. The summed E-state index contributed by atoms with van der Waals surface area (Å²) in [5.41, 5.74) is 1.18. The predicted octanol–water partition coefficient (Wildman–Crippen LogP) is 3.54. The summed E-state index contributed by atoms with van der Waals surface area (Å²) >= 11 is 1.44. The van der Waals surface area contributed by atoms with Crippen molar-refractivity contribution in [3.63, 3.8) is 0 Å². The Bertz CT molecular complexity index is 1210. The summed E-state index contributed by atoms with van der Waals surface area (Å²) in [5, 5.41) is 18.3. The van der Waals surface area contributed by atoms with Gasteiger partial charge in [0.05, 0.1) is 0 Å². The van der Waals surface area contributed by atoms with Crippen LogP contribution < -0.4 is 20.7 Å². The van der Waals surface area contributed by atoms with Gasteiger partial charge in [-0.05, 0) is 44.2 Å². The number of thiazole rings is 1. The van der Waals surface area contributed by atoms with Crippen molar-refractivity contribution in [2.75, 3.05) is 23.7 Å². The average Bonchev–Trinajstić information content (AvgIpc) is 3.52. The number of amides is 1. The molecule has 0 spiro atoms. The van der Waals surface area contributed by atoms with Crippen LogP contribution >= 0.6 is 11.3 Å². The van der Waals surface area contributed by atoms with Crippen molar-refractivity contribution in [3.05, 3.63) is 53.2 Å². The van der Waals surface area contributed by atoms with Gasteiger partial charge in [-0.25, -0.2) is 9.97 Å². The third kappa shape index (κ3) is 4.21. The van der Waals surface area contributed by atoms with E-state index in [9.17, 15) is 4.79 Å². The lowest BCUT2D eigenvalue weighted by Gasteiger charge is -2.12. The van der Waals surface area contributed by atoms with Crippen molar-refractivity contribution < 1.29 is 9.53 Å². The Kier molecular flexibility index (Phi) is 5.23. The SMILES string of the molecule is Cc1cnc(NC(=O)c2ccc(Oc3ccnc4[nH]nc(NC5CCNC5)c34)cc2)s1. The number of aromatic nitrogens is 4. The predicted molar refractivity (Wildman–Crippen MR) is 120 cm³/mol. The molecule has 0 saturated carbocycles. The van der Waals surface area contributed by atoms with Crippen molar-refractivity contribution in [1.82, 2.24) is 25.5 Å².